The molecule has 1 aliphatic rings. The predicted molar refractivity (Wildman–Crippen MR) is 92.9 cm³/mol. The first-order chi connectivity index (χ1) is 13.1. The van der Waals surface area contributed by atoms with Crippen molar-refractivity contribution in [2.75, 3.05) is 6.54 Å². The van der Waals surface area contributed by atoms with Gasteiger partial charge in [-0.15, -0.1) is 0 Å². The molecular formula is C20H15F2N3O2. The average molecular weight is 367 g/mol. The van der Waals surface area contributed by atoms with Gasteiger partial charge in [-0.05, 0) is 35.9 Å². The summed E-state index contributed by atoms with van der Waals surface area (Å²) in [6.45, 7) is 0.328. The Bertz CT molecular complexity index is 982. The molecule has 0 saturated heterocycles. The van der Waals surface area contributed by atoms with Gasteiger partial charge in [-0.2, -0.15) is 0 Å². The van der Waals surface area contributed by atoms with Crippen molar-refractivity contribution < 1.29 is 18.3 Å². The highest BCUT2D eigenvalue weighted by atomic mass is 19.2. The van der Waals surface area contributed by atoms with E-state index in [9.17, 15) is 13.6 Å². The molecule has 1 aromatic heterocycles. The van der Waals surface area contributed by atoms with Crippen LogP contribution in [0.15, 0.2) is 60.9 Å². The van der Waals surface area contributed by atoms with Gasteiger partial charge >= 0.3 is 0 Å². The number of hydrogen-bond acceptors (Lipinski definition) is 4. The number of nitrogens with zero attached hydrogens (tertiary/aromatic N) is 3. The average Bonchev–Trinajstić information content (AvgIpc) is 2.82. The molecule has 3 aromatic rings. The van der Waals surface area contributed by atoms with Crippen LogP contribution in [0.25, 0.3) is 0 Å². The van der Waals surface area contributed by atoms with Gasteiger partial charge in [0.1, 0.15) is 17.7 Å². The van der Waals surface area contributed by atoms with Crippen LogP contribution in [0.3, 0.4) is 0 Å². The Hall–Kier alpha value is -3.35. The van der Waals surface area contributed by atoms with E-state index < -0.39 is 17.7 Å². The van der Waals surface area contributed by atoms with Gasteiger partial charge in [0, 0.05) is 12.4 Å². The van der Waals surface area contributed by atoms with E-state index >= 15 is 0 Å². The summed E-state index contributed by atoms with van der Waals surface area (Å²) in [5.41, 5.74) is 0.843. The lowest BCUT2D eigenvalue weighted by atomic mass is 10.1. The first-order valence-electron chi connectivity index (χ1n) is 8.37. The number of hydrogen-bond donors (Lipinski definition) is 0. The number of aromatic nitrogens is 2. The number of halogens is 2. The molecule has 0 bridgehead atoms. The summed E-state index contributed by atoms with van der Waals surface area (Å²) in [6.07, 6.45) is 2.54. The Kier molecular flexibility index (Phi) is 4.50. The molecule has 7 heteroatoms. The topological polar surface area (TPSA) is 55.3 Å². The van der Waals surface area contributed by atoms with Crippen molar-refractivity contribution in [2.45, 2.75) is 12.6 Å². The van der Waals surface area contributed by atoms with Gasteiger partial charge in [0.2, 0.25) is 0 Å². The molecule has 0 saturated carbocycles. The number of benzene rings is 2. The lowest BCUT2D eigenvalue weighted by Gasteiger charge is -2.24. The Morgan fingerprint density at radius 3 is 2.59 bits per heavy atom. The SMILES string of the molecule is O=C1c2ccccc2OC(c2ccc(F)c(F)c2)CN1Cc1ncccn1. The van der Waals surface area contributed by atoms with E-state index in [4.69, 9.17) is 4.74 Å². The van der Waals surface area contributed by atoms with Gasteiger partial charge in [0.15, 0.2) is 11.6 Å². The van der Waals surface area contributed by atoms with Crippen molar-refractivity contribution in [1.82, 2.24) is 14.9 Å². The van der Waals surface area contributed by atoms with Crippen LogP contribution in [0.2, 0.25) is 0 Å². The third-order valence-corrected chi connectivity index (χ3v) is 4.33. The highest BCUT2D eigenvalue weighted by Gasteiger charge is 2.30. The number of carbonyl (C=O) groups excluding carboxylic acids is 1. The minimum Gasteiger partial charge on any atom is -0.483 e. The Labute approximate surface area is 154 Å². The standard InChI is InChI=1S/C20H15F2N3O2/c21-15-7-6-13(10-16(15)22)18-11-25(12-19-23-8-3-9-24-19)20(26)14-4-1-2-5-17(14)27-18/h1-10,18H,11-12H2. The summed E-state index contributed by atoms with van der Waals surface area (Å²) in [4.78, 5) is 22.9. The van der Waals surface area contributed by atoms with Crippen molar-refractivity contribution in [2.24, 2.45) is 0 Å². The second-order valence-corrected chi connectivity index (χ2v) is 6.13. The second kappa shape index (κ2) is 7.11. The smallest absolute Gasteiger partial charge is 0.258 e. The normalized spacial score (nSPS) is 16.4. The fourth-order valence-electron chi connectivity index (χ4n) is 2.99. The third-order valence-electron chi connectivity index (χ3n) is 4.33. The molecule has 0 fully saturated rings. The fraction of sp³-hybridized carbons (Fsp3) is 0.150. The molecule has 0 spiro atoms. The van der Waals surface area contributed by atoms with Crippen molar-refractivity contribution in [1.29, 1.82) is 0 Å². The van der Waals surface area contributed by atoms with Crippen LogP contribution >= 0.6 is 0 Å². The minimum atomic E-state index is -0.960. The molecule has 2 heterocycles. The van der Waals surface area contributed by atoms with Gasteiger partial charge < -0.3 is 9.64 Å². The van der Waals surface area contributed by atoms with Crippen molar-refractivity contribution in [3.63, 3.8) is 0 Å². The van der Waals surface area contributed by atoms with E-state index in [2.05, 4.69) is 9.97 Å². The molecule has 2 aromatic carbocycles. The summed E-state index contributed by atoms with van der Waals surface area (Å²) in [6, 6.07) is 12.1. The molecule has 0 aliphatic carbocycles. The van der Waals surface area contributed by atoms with Gasteiger partial charge in [-0.25, -0.2) is 18.7 Å². The maximum absolute atomic E-state index is 13.7. The van der Waals surface area contributed by atoms with Crippen LogP contribution in [-0.2, 0) is 6.54 Å². The molecule has 1 atom stereocenters. The summed E-state index contributed by atoms with van der Waals surface area (Å²) < 4.78 is 33.0. The Balaban J connectivity index is 1.72. The minimum absolute atomic E-state index is 0.150. The predicted octanol–water partition coefficient (Wildman–Crippen LogP) is 3.53. The van der Waals surface area contributed by atoms with Gasteiger partial charge in [-0.1, -0.05) is 18.2 Å². The van der Waals surface area contributed by atoms with Crippen LogP contribution in [0, 0.1) is 11.6 Å². The summed E-state index contributed by atoms with van der Waals surface area (Å²) in [5.74, 6) is -1.25. The van der Waals surface area contributed by atoms with E-state index in [0.29, 0.717) is 22.7 Å². The molecule has 27 heavy (non-hydrogen) atoms. The zero-order valence-electron chi connectivity index (χ0n) is 14.2. The van der Waals surface area contributed by atoms with E-state index in [0.717, 1.165) is 12.1 Å². The van der Waals surface area contributed by atoms with Gasteiger partial charge in [-0.3, -0.25) is 4.79 Å². The lowest BCUT2D eigenvalue weighted by molar-refractivity contribution is 0.0689. The molecule has 1 unspecified atom stereocenters. The van der Waals surface area contributed by atoms with E-state index in [-0.39, 0.29) is 19.0 Å². The Morgan fingerprint density at radius 1 is 1.04 bits per heavy atom. The maximum Gasteiger partial charge on any atom is 0.258 e. The second-order valence-electron chi connectivity index (χ2n) is 6.13. The zero-order valence-corrected chi connectivity index (χ0v) is 14.2. The molecule has 4 rings (SSSR count). The molecule has 0 N–H and O–H groups in total. The number of ether oxygens (including phenoxy) is 1. The quantitative estimate of drug-likeness (QED) is 0.711. The Morgan fingerprint density at radius 2 is 1.81 bits per heavy atom. The number of para-hydroxylation sites is 1. The zero-order chi connectivity index (χ0) is 18.8. The molecular weight excluding hydrogens is 352 g/mol. The number of carbonyl (C=O) groups is 1. The summed E-state index contributed by atoms with van der Waals surface area (Å²) in [7, 11) is 0. The largest absolute Gasteiger partial charge is 0.483 e. The van der Waals surface area contributed by atoms with Crippen LogP contribution in [0.1, 0.15) is 27.8 Å². The van der Waals surface area contributed by atoms with Gasteiger partial charge in [0.05, 0.1) is 18.7 Å². The van der Waals surface area contributed by atoms with Crippen LogP contribution in [-0.4, -0.2) is 27.3 Å². The highest BCUT2D eigenvalue weighted by molar-refractivity contribution is 5.97. The first kappa shape index (κ1) is 17.1. The molecule has 0 radical (unpaired) electrons. The van der Waals surface area contributed by atoms with E-state index in [1.165, 1.54) is 6.07 Å². The number of amides is 1. The molecule has 5 nitrogen and oxygen atoms in total. The summed E-state index contributed by atoms with van der Waals surface area (Å²) >= 11 is 0. The van der Waals surface area contributed by atoms with E-state index in [1.54, 1.807) is 47.6 Å². The van der Waals surface area contributed by atoms with Crippen molar-refractivity contribution in [3.8, 4) is 5.75 Å². The van der Waals surface area contributed by atoms with Crippen molar-refractivity contribution in [3.05, 3.63) is 89.5 Å². The third kappa shape index (κ3) is 3.48. The molecule has 136 valence electrons. The van der Waals surface area contributed by atoms with Crippen molar-refractivity contribution >= 4 is 5.91 Å². The lowest BCUT2D eigenvalue weighted by Crippen LogP contribution is -2.34. The summed E-state index contributed by atoms with van der Waals surface area (Å²) in [5, 5.41) is 0. The first-order valence-corrected chi connectivity index (χ1v) is 8.37. The van der Waals surface area contributed by atoms with Crippen LogP contribution in [0.4, 0.5) is 8.78 Å². The van der Waals surface area contributed by atoms with Crippen LogP contribution in [0.5, 0.6) is 5.75 Å². The maximum atomic E-state index is 13.7. The molecule has 1 aliphatic heterocycles. The fourth-order valence-corrected chi connectivity index (χ4v) is 2.99. The highest BCUT2D eigenvalue weighted by Crippen LogP contribution is 2.32. The molecule has 1 amide bonds. The number of fused-ring (bicyclic) bond motifs is 1. The number of rotatable bonds is 3. The van der Waals surface area contributed by atoms with Gasteiger partial charge in [0.25, 0.3) is 5.91 Å². The monoisotopic (exact) mass is 367 g/mol. The van der Waals surface area contributed by atoms with E-state index in [1.807, 2.05) is 0 Å². The van der Waals surface area contributed by atoms with Crippen LogP contribution < -0.4 is 4.74 Å².